The first-order valence-electron chi connectivity index (χ1n) is 5.70. The summed E-state index contributed by atoms with van der Waals surface area (Å²) in [5.41, 5.74) is 0.734. The van der Waals surface area contributed by atoms with Gasteiger partial charge in [-0.2, -0.15) is 0 Å². The quantitative estimate of drug-likeness (QED) is 0.938. The molecule has 0 bridgehead atoms. The second-order valence-corrected chi connectivity index (χ2v) is 5.93. The second kappa shape index (κ2) is 5.14. The first-order chi connectivity index (χ1) is 8.90. The molecule has 1 N–H and O–H groups in total. The Balaban J connectivity index is 2.19. The standard InChI is InChI=1S/C13H14FNO3S/c1-9-7-11(10(2)18-9)8-15-19(16,17)13-6-4-3-5-12(13)14/h3-7,15H,8H2,1-2H3. The van der Waals surface area contributed by atoms with Crippen molar-refractivity contribution in [2.24, 2.45) is 0 Å². The molecule has 0 spiro atoms. The molecule has 0 aliphatic carbocycles. The average molecular weight is 283 g/mol. The first-order valence-corrected chi connectivity index (χ1v) is 7.18. The molecule has 4 nitrogen and oxygen atoms in total. The lowest BCUT2D eigenvalue weighted by molar-refractivity contribution is 0.500. The number of nitrogens with one attached hydrogen (secondary N) is 1. The van der Waals surface area contributed by atoms with Gasteiger partial charge in [0.25, 0.3) is 0 Å². The average Bonchev–Trinajstić information content (AvgIpc) is 2.66. The van der Waals surface area contributed by atoms with Crippen LogP contribution >= 0.6 is 0 Å². The van der Waals surface area contributed by atoms with Crippen LogP contribution in [0.15, 0.2) is 39.6 Å². The van der Waals surface area contributed by atoms with Crippen LogP contribution in [0.2, 0.25) is 0 Å². The molecule has 0 radical (unpaired) electrons. The summed E-state index contributed by atoms with van der Waals surface area (Å²) in [6.07, 6.45) is 0. The zero-order chi connectivity index (χ0) is 14.0. The molecule has 0 amide bonds. The Morgan fingerprint density at radius 2 is 1.95 bits per heavy atom. The molecule has 1 aromatic heterocycles. The summed E-state index contributed by atoms with van der Waals surface area (Å²) in [6, 6.07) is 7.01. The van der Waals surface area contributed by atoms with Gasteiger partial charge in [-0.05, 0) is 32.0 Å². The van der Waals surface area contributed by atoms with Crippen molar-refractivity contribution >= 4 is 10.0 Å². The van der Waals surface area contributed by atoms with Crippen molar-refractivity contribution in [1.29, 1.82) is 0 Å². The summed E-state index contributed by atoms with van der Waals surface area (Å²) in [6.45, 7) is 3.60. The smallest absolute Gasteiger partial charge is 0.243 e. The molecule has 19 heavy (non-hydrogen) atoms. The predicted molar refractivity (Wildman–Crippen MR) is 68.6 cm³/mol. The molecular formula is C13H14FNO3S. The van der Waals surface area contributed by atoms with Crippen molar-refractivity contribution in [1.82, 2.24) is 4.72 Å². The number of sulfonamides is 1. The van der Waals surface area contributed by atoms with Gasteiger partial charge in [-0.1, -0.05) is 12.1 Å². The van der Waals surface area contributed by atoms with Gasteiger partial charge in [-0.25, -0.2) is 17.5 Å². The third-order valence-corrected chi connectivity index (χ3v) is 4.16. The highest BCUT2D eigenvalue weighted by Gasteiger charge is 2.18. The molecule has 0 saturated carbocycles. The van der Waals surface area contributed by atoms with Gasteiger partial charge < -0.3 is 4.42 Å². The minimum atomic E-state index is -3.86. The lowest BCUT2D eigenvalue weighted by atomic mass is 10.2. The number of rotatable bonds is 4. The highest BCUT2D eigenvalue weighted by atomic mass is 32.2. The van der Waals surface area contributed by atoms with E-state index in [1.165, 1.54) is 18.2 Å². The number of halogens is 1. The predicted octanol–water partition coefficient (Wildman–Crippen LogP) is 2.51. The van der Waals surface area contributed by atoms with E-state index in [2.05, 4.69) is 4.72 Å². The molecule has 0 aliphatic heterocycles. The zero-order valence-corrected chi connectivity index (χ0v) is 11.4. The van der Waals surface area contributed by atoms with Gasteiger partial charge in [0.15, 0.2) is 0 Å². The van der Waals surface area contributed by atoms with Crippen LogP contribution in [0.3, 0.4) is 0 Å². The third kappa shape index (κ3) is 3.02. The van der Waals surface area contributed by atoms with Crippen LogP contribution in [-0.4, -0.2) is 8.42 Å². The van der Waals surface area contributed by atoms with Crippen LogP contribution in [0.5, 0.6) is 0 Å². The highest BCUT2D eigenvalue weighted by molar-refractivity contribution is 7.89. The number of hydrogen-bond acceptors (Lipinski definition) is 3. The van der Waals surface area contributed by atoms with Crippen LogP contribution in [-0.2, 0) is 16.6 Å². The topological polar surface area (TPSA) is 59.3 Å². The Morgan fingerprint density at radius 3 is 2.53 bits per heavy atom. The maximum Gasteiger partial charge on any atom is 0.243 e. The first kappa shape index (κ1) is 13.8. The molecule has 0 atom stereocenters. The van der Waals surface area contributed by atoms with E-state index in [9.17, 15) is 12.8 Å². The largest absolute Gasteiger partial charge is 0.466 e. The van der Waals surface area contributed by atoms with E-state index in [0.29, 0.717) is 11.5 Å². The molecule has 2 rings (SSSR count). The molecule has 0 aliphatic rings. The van der Waals surface area contributed by atoms with E-state index in [0.717, 1.165) is 11.6 Å². The summed E-state index contributed by atoms with van der Waals surface area (Å²) in [5, 5.41) is 0. The van der Waals surface area contributed by atoms with Gasteiger partial charge in [0.2, 0.25) is 10.0 Å². The SMILES string of the molecule is Cc1cc(CNS(=O)(=O)c2ccccc2F)c(C)o1. The van der Waals surface area contributed by atoms with Crippen molar-refractivity contribution in [2.75, 3.05) is 0 Å². The molecule has 102 valence electrons. The number of benzene rings is 1. The van der Waals surface area contributed by atoms with E-state index in [1.54, 1.807) is 19.9 Å². The molecule has 0 saturated heterocycles. The Labute approximate surface area is 111 Å². The van der Waals surface area contributed by atoms with E-state index in [4.69, 9.17) is 4.42 Å². The fourth-order valence-electron chi connectivity index (χ4n) is 1.77. The number of furan rings is 1. The van der Waals surface area contributed by atoms with Gasteiger partial charge in [0.1, 0.15) is 22.2 Å². The Hall–Kier alpha value is -1.66. The van der Waals surface area contributed by atoms with Crippen molar-refractivity contribution in [3.8, 4) is 0 Å². The van der Waals surface area contributed by atoms with Crippen LogP contribution in [0.25, 0.3) is 0 Å². The van der Waals surface area contributed by atoms with Gasteiger partial charge in [-0.15, -0.1) is 0 Å². The summed E-state index contributed by atoms with van der Waals surface area (Å²) in [4.78, 5) is -0.354. The molecule has 0 fully saturated rings. The van der Waals surface area contributed by atoms with E-state index in [1.807, 2.05) is 0 Å². The summed E-state index contributed by atoms with van der Waals surface area (Å²) < 4.78 is 45.0. The Bertz CT molecular complexity index is 692. The Morgan fingerprint density at radius 1 is 1.26 bits per heavy atom. The molecule has 1 aromatic carbocycles. The van der Waals surface area contributed by atoms with Crippen LogP contribution in [0.1, 0.15) is 17.1 Å². The molecule has 6 heteroatoms. The normalized spacial score (nSPS) is 11.7. The van der Waals surface area contributed by atoms with E-state index < -0.39 is 15.8 Å². The molecule has 2 aromatic rings. The van der Waals surface area contributed by atoms with Crippen molar-refractivity contribution in [3.05, 3.63) is 53.2 Å². The molecule has 1 heterocycles. The van der Waals surface area contributed by atoms with Gasteiger partial charge in [0, 0.05) is 12.1 Å². The summed E-state index contributed by atoms with van der Waals surface area (Å²) in [7, 11) is -3.86. The minimum Gasteiger partial charge on any atom is -0.466 e. The highest BCUT2D eigenvalue weighted by Crippen LogP contribution is 2.16. The Kier molecular flexibility index (Phi) is 3.73. The lowest BCUT2D eigenvalue weighted by Crippen LogP contribution is -2.24. The van der Waals surface area contributed by atoms with Crippen molar-refractivity contribution in [3.63, 3.8) is 0 Å². The lowest BCUT2D eigenvalue weighted by Gasteiger charge is -2.06. The fourth-order valence-corrected chi connectivity index (χ4v) is 2.86. The fraction of sp³-hybridized carbons (Fsp3) is 0.231. The minimum absolute atomic E-state index is 0.0693. The number of hydrogen-bond donors (Lipinski definition) is 1. The van der Waals surface area contributed by atoms with Gasteiger partial charge in [-0.3, -0.25) is 0 Å². The maximum atomic E-state index is 13.5. The summed E-state index contributed by atoms with van der Waals surface area (Å²) >= 11 is 0. The number of aryl methyl sites for hydroxylation is 2. The molecule has 0 unspecified atom stereocenters. The van der Waals surface area contributed by atoms with Crippen molar-refractivity contribution in [2.45, 2.75) is 25.3 Å². The van der Waals surface area contributed by atoms with Crippen molar-refractivity contribution < 1.29 is 17.2 Å². The van der Waals surface area contributed by atoms with Crippen LogP contribution < -0.4 is 4.72 Å². The monoisotopic (exact) mass is 283 g/mol. The van der Waals surface area contributed by atoms with E-state index in [-0.39, 0.29) is 11.4 Å². The third-order valence-electron chi connectivity index (χ3n) is 2.72. The second-order valence-electron chi connectivity index (χ2n) is 4.19. The van der Waals surface area contributed by atoms with Crippen LogP contribution in [0, 0.1) is 19.7 Å². The zero-order valence-electron chi connectivity index (χ0n) is 10.6. The molecular weight excluding hydrogens is 269 g/mol. The summed E-state index contributed by atoms with van der Waals surface area (Å²) in [5.74, 6) is 0.585. The van der Waals surface area contributed by atoms with E-state index >= 15 is 0 Å². The van der Waals surface area contributed by atoms with Crippen LogP contribution in [0.4, 0.5) is 4.39 Å². The van der Waals surface area contributed by atoms with Gasteiger partial charge in [0.05, 0.1) is 0 Å². The van der Waals surface area contributed by atoms with Gasteiger partial charge >= 0.3 is 0 Å². The maximum absolute atomic E-state index is 13.5.